The summed E-state index contributed by atoms with van der Waals surface area (Å²) in [6.45, 7) is 3.45. The first-order chi connectivity index (χ1) is 12.9. The largest absolute Gasteiger partial charge is 0.455 e. The highest BCUT2D eigenvalue weighted by atomic mass is 16.6. The maximum absolute atomic E-state index is 12.0. The summed E-state index contributed by atoms with van der Waals surface area (Å²) in [5, 5.41) is 20.9. The Labute approximate surface area is 164 Å². The van der Waals surface area contributed by atoms with Crippen LogP contribution in [0.2, 0.25) is 0 Å². The van der Waals surface area contributed by atoms with E-state index in [9.17, 15) is 19.8 Å². The van der Waals surface area contributed by atoms with Gasteiger partial charge < -0.3 is 14.9 Å². The van der Waals surface area contributed by atoms with Gasteiger partial charge in [0.15, 0.2) is 17.5 Å². The standard InChI is InChI=1S/C22H38O5/c1-3-4-5-6-7-8-9-10-11-12-13-14-15-19(24)22(26)20(25)16-17-21(22)27-18(2)23/h16-17,19,21,24,26H,3-15H2,1-2H3/t19-,21+,22-/m1/s1. The molecule has 0 aromatic carbocycles. The molecule has 1 aliphatic rings. The average Bonchev–Trinajstić information content (AvgIpc) is 2.91. The third kappa shape index (κ3) is 8.14. The molecule has 0 aromatic rings. The van der Waals surface area contributed by atoms with Gasteiger partial charge in [-0.25, -0.2) is 0 Å². The Morgan fingerprint density at radius 3 is 2.00 bits per heavy atom. The Bertz CT molecular complexity index is 473. The van der Waals surface area contributed by atoms with Crippen LogP contribution in [0.5, 0.6) is 0 Å². The predicted molar refractivity (Wildman–Crippen MR) is 106 cm³/mol. The summed E-state index contributed by atoms with van der Waals surface area (Å²) >= 11 is 0. The van der Waals surface area contributed by atoms with Crippen LogP contribution in [-0.4, -0.2) is 39.8 Å². The molecule has 1 rings (SSSR count). The second-order valence-corrected chi connectivity index (χ2v) is 7.77. The fraction of sp³-hybridized carbons (Fsp3) is 0.818. The fourth-order valence-corrected chi connectivity index (χ4v) is 3.66. The molecule has 0 aromatic heterocycles. The van der Waals surface area contributed by atoms with Crippen molar-refractivity contribution >= 4 is 11.8 Å². The van der Waals surface area contributed by atoms with E-state index in [0.717, 1.165) is 19.3 Å². The van der Waals surface area contributed by atoms with Gasteiger partial charge in [-0.2, -0.15) is 0 Å². The molecule has 0 fully saturated rings. The molecule has 0 radical (unpaired) electrons. The molecule has 27 heavy (non-hydrogen) atoms. The van der Waals surface area contributed by atoms with Gasteiger partial charge in [-0.3, -0.25) is 9.59 Å². The molecule has 0 saturated carbocycles. The predicted octanol–water partition coefficient (Wildman–Crippen LogP) is 4.24. The molecule has 2 N–H and O–H groups in total. The van der Waals surface area contributed by atoms with Gasteiger partial charge in [0.25, 0.3) is 0 Å². The zero-order valence-electron chi connectivity index (χ0n) is 17.1. The van der Waals surface area contributed by atoms with Crippen LogP contribution in [0.3, 0.4) is 0 Å². The van der Waals surface area contributed by atoms with Crippen LogP contribution in [0, 0.1) is 0 Å². The van der Waals surface area contributed by atoms with Gasteiger partial charge in [-0.05, 0) is 18.6 Å². The van der Waals surface area contributed by atoms with Crippen molar-refractivity contribution in [3.8, 4) is 0 Å². The highest BCUT2D eigenvalue weighted by molar-refractivity contribution is 6.01. The summed E-state index contributed by atoms with van der Waals surface area (Å²) in [5.74, 6) is -1.18. The second-order valence-electron chi connectivity index (χ2n) is 7.77. The SMILES string of the molecule is CCCCCCCCCCCCCC[C@@H](O)[C@@]1(O)C(=O)C=C[C@@H]1OC(C)=O. The zero-order valence-corrected chi connectivity index (χ0v) is 17.1. The lowest BCUT2D eigenvalue weighted by molar-refractivity contribution is -0.174. The normalized spacial score (nSPS) is 23.0. The molecule has 0 unspecified atom stereocenters. The zero-order chi connectivity index (χ0) is 20.1. The lowest BCUT2D eigenvalue weighted by atomic mass is 9.87. The molecular weight excluding hydrogens is 344 g/mol. The van der Waals surface area contributed by atoms with Crippen molar-refractivity contribution in [2.75, 3.05) is 0 Å². The van der Waals surface area contributed by atoms with Gasteiger partial charge in [0, 0.05) is 6.92 Å². The Balaban J connectivity index is 2.12. The van der Waals surface area contributed by atoms with Crippen molar-refractivity contribution in [3.05, 3.63) is 12.2 Å². The topological polar surface area (TPSA) is 83.8 Å². The Morgan fingerprint density at radius 2 is 1.52 bits per heavy atom. The Morgan fingerprint density at radius 1 is 1.04 bits per heavy atom. The quantitative estimate of drug-likeness (QED) is 0.327. The third-order valence-corrected chi connectivity index (χ3v) is 5.38. The van der Waals surface area contributed by atoms with Crippen LogP contribution < -0.4 is 0 Å². The first kappa shape index (κ1) is 23.8. The van der Waals surface area contributed by atoms with Crippen LogP contribution in [0.15, 0.2) is 12.2 Å². The van der Waals surface area contributed by atoms with Crippen molar-refractivity contribution < 1.29 is 24.5 Å². The number of esters is 1. The van der Waals surface area contributed by atoms with E-state index in [2.05, 4.69) is 6.92 Å². The van der Waals surface area contributed by atoms with E-state index in [4.69, 9.17) is 4.74 Å². The van der Waals surface area contributed by atoms with Crippen LogP contribution >= 0.6 is 0 Å². The van der Waals surface area contributed by atoms with Crippen LogP contribution in [0.1, 0.15) is 97.3 Å². The van der Waals surface area contributed by atoms with Crippen LogP contribution in [0.4, 0.5) is 0 Å². The number of hydrogen-bond acceptors (Lipinski definition) is 5. The van der Waals surface area contributed by atoms with Gasteiger partial charge in [-0.1, -0.05) is 84.0 Å². The van der Waals surface area contributed by atoms with E-state index in [1.165, 1.54) is 76.9 Å². The number of ether oxygens (including phenoxy) is 1. The Hall–Kier alpha value is -1.20. The lowest BCUT2D eigenvalue weighted by Crippen LogP contribution is -2.55. The average molecular weight is 383 g/mol. The summed E-state index contributed by atoms with van der Waals surface area (Å²) in [4.78, 5) is 23.1. The molecular formula is C22H38O5. The fourth-order valence-electron chi connectivity index (χ4n) is 3.66. The van der Waals surface area contributed by atoms with Crippen molar-refractivity contribution in [1.29, 1.82) is 0 Å². The third-order valence-electron chi connectivity index (χ3n) is 5.38. The van der Waals surface area contributed by atoms with Gasteiger partial charge >= 0.3 is 5.97 Å². The van der Waals surface area contributed by atoms with Crippen molar-refractivity contribution in [3.63, 3.8) is 0 Å². The molecule has 5 nitrogen and oxygen atoms in total. The summed E-state index contributed by atoms with van der Waals surface area (Å²) < 4.78 is 4.97. The van der Waals surface area contributed by atoms with Crippen LogP contribution in [-0.2, 0) is 14.3 Å². The minimum atomic E-state index is -2.04. The van der Waals surface area contributed by atoms with Gasteiger partial charge in [0.1, 0.15) is 0 Å². The second kappa shape index (κ2) is 13.1. The summed E-state index contributed by atoms with van der Waals surface area (Å²) in [6, 6.07) is 0. The van der Waals surface area contributed by atoms with Gasteiger partial charge in [0.2, 0.25) is 0 Å². The van der Waals surface area contributed by atoms with Crippen molar-refractivity contribution in [1.82, 2.24) is 0 Å². The summed E-state index contributed by atoms with van der Waals surface area (Å²) in [5.41, 5.74) is -2.04. The van der Waals surface area contributed by atoms with E-state index in [1.807, 2.05) is 0 Å². The van der Waals surface area contributed by atoms with E-state index >= 15 is 0 Å². The number of aliphatic hydroxyl groups is 2. The summed E-state index contributed by atoms with van der Waals surface area (Å²) in [6.07, 6.45) is 15.1. The first-order valence-electron chi connectivity index (χ1n) is 10.7. The number of rotatable bonds is 15. The van der Waals surface area contributed by atoms with Gasteiger partial charge in [-0.15, -0.1) is 0 Å². The van der Waals surface area contributed by atoms with Crippen molar-refractivity contribution in [2.24, 2.45) is 0 Å². The maximum Gasteiger partial charge on any atom is 0.303 e. The molecule has 3 atom stereocenters. The Kier molecular flexibility index (Phi) is 11.5. The molecule has 5 heteroatoms. The number of carbonyl (C=O) groups excluding carboxylic acids is 2. The first-order valence-corrected chi connectivity index (χ1v) is 10.7. The molecule has 0 heterocycles. The molecule has 0 spiro atoms. The molecule has 0 amide bonds. The number of carbonyl (C=O) groups is 2. The van der Waals surface area contributed by atoms with E-state index in [-0.39, 0.29) is 0 Å². The molecule has 1 aliphatic carbocycles. The summed E-state index contributed by atoms with van der Waals surface area (Å²) in [7, 11) is 0. The minimum absolute atomic E-state index is 0.319. The highest BCUT2D eigenvalue weighted by Crippen LogP contribution is 2.30. The van der Waals surface area contributed by atoms with Crippen molar-refractivity contribution in [2.45, 2.75) is 115 Å². The molecule has 156 valence electrons. The number of hydrogen-bond donors (Lipinski definition) is 2. The van der Waals surface area contributed by atoms with Gasteiger partial charge in [0.05, 0.1) is 6.10 Å². The highest BCUT2D eigenvalue weighted by Gasteiger charge is 2.52. The molecule has 0 bridgehead atoms. The maximum atomic E-state index is 12.0. The smallest absolute Gasteiger partial charge is 0.303 e. The molecule has 0 saturated heterocycles. The minimum Gasteiger partial charge on any atom is -0.455 e. The molecule has 0 aliphatic heterocycles. The van der Waals surface area contributed by atoms with E-state index in [0.29, 0.717) is 6.42 Å². The lowest BCUT2D eigenvalue weighted by Gasteiger charge is -2.32. The van der Waals surface area contributed by atoms with E-state index in [1.54, 1.807) is 0 Å². The number of unbranched alkanes of at least 4 members (excludes halogenated alkanes) is 11. The monoisotopic (exact) mass is 382 g/mol. The number of ketones is 1. The number of aliphatic hydroxyl groups excluding tert-OH is 1. The van der Waals surface area contributed by atoms with E-state index < -0.39 is 29.6 Å². The van der Waals surface area contributed by atoms with Crippen LogP contribution in [0.25, 0.3) is 0 Å².